The summed E-state index contributed by atoms with van der Waals surface area (Å²) >= 11 is 5.74. The van der Waals surface area contributed by atoms with Crippen molar-refractivity contribution in [3.8, 4) is 0 Å². The van der Waals surface area contributed by atoms with Crippen LogP contribution in [-0.2, 0) is 20.6 Å². The highest BCUT2D eigenvalue weighted by atomic mass is 35.5. The molecule has 1 aromatic heterocycles. The van der Waals surface area contributed by atoms with Crippen molar-refractivity contribution in [1.29, 1.82) is 0 Å². The molecule has 4 nitrogen and oxygen atoms in total. The van der Waals surface area contributed by atoms with E-state index in [2.05, 4.69) is 9.97 Å². The second-order valence-electron chi connectivity index (χ2n) is 5.54. The summed E-state index contributed by atoms with van der Waals surface area (Å²) in [5.74, 6) is -0.230. The Labute approximate surface area is 137 Å². The van der Waals surface area contributed by atoms with Gasteiger partial charge in [0.05, 0.1) is 11.0 Å². The van der Waals surface area contributed by atoms with Gasteiger partial charge in [-0.2, -0.15) is 22.7 Å². The lowest BCUT2D eigenvalue weighted by Gasteiger charge is -2.12. The second-order valence-corrected chi connectivity index (χ2v) is 8.05. The average molecular weight is 368 g/mol. The number of alkyl halides is 3. The first-order chi connectivity index (χ1) is 10.5. The lowest BCUT2D eigenvalue weighted by atomic mass is 10.2. The highest BCUT2D eigenvalue weighted by Crippen LogP contribution is 2.35. The van der Waals surface area contributed by atoms with Crippen molar-refractivity contribution in [3.05, 3.63) is 28.9 Å². The number of rotatable bonds is 4. The third kappa shape index (κ3) is 4.19. The topological polar surface area (TPSA) is 63.1 Å². The zero-order valence-electron chi connectivity index (χ0n) is 12.4. The monoisotopic (exact) mass is 367 g/mol. The molecule has 9 heteroatoms. The van der Waals surface area contributed by atoms with E-state index in [1.165, 1.54) is 18.2 Å². The van der Waals surface area contributed by atoms with Crippen LogP contribution >= 0.6 is 11.6 Å². The van der Waals surface area contributed by atoms with E-state index in [9.17, 15) is 21.9 Å². The van der Waals surface area contributed by atoms with Crippen molar-refractivity contribution < 1.29 is 21.9 Å². The van der Waals surface area contributed by atoms with E-state index in [0.29, 0.717) is 6.42 Å². The summed E-state index contributed by atoms with van der Waals surface area (Å²) in [6.07, 6.45) is -4.59. The van der Waals surface area contributed by atoms with Crippen LogP contribution in [0.1, 0.15) is 26.0 Å². The predicted octanol–water partition coefficient (Wildman–Crippen LogP) is 4.68. The minimum atomic E-state index is -4.89. The molecule has 0 fully saturated rings. The Morgan fingerprint density at radius 1 is 1.26 bits per heavy atom. The zero-order chi connectivity index (χ0) is 17.4. The molecule has 0 amide bonds. The molecular weight excluding hydrogens is 353 g/mol. The molecule has 1 N–H and O–H groups in total. The van der Waals surface area contributed by atoms with E-state index in [1.54, 1.807) is 0 Å². The first-order valence-electron chi connectivity index (χ1n) is 6.79. The van der Waals surface area contributed by atoms with Crippen LogP contribution in [0.5, 0.6) is 0 Å². The Morgan fingerprint density at radius 2 is 1.91 bits per heavy atom. The fourth-order valence-corrected chi connectivity index (χ4v) is 3.77. The van der Waals surface area contributed by atoms with Crippen LogP contribution in [0, 0.1) is 5.92 Å². The molecule has 2 aromatic rings. The molecule has 2 rings (SSSR count). The van der Waals surface area contributed by atoms with Gasteiger partial charge in [-0.1, -0.05) is 29.7 Å². The molecule has 0 aliphatic carbocycles. The van der Waals surface area contributed by atoms with Gasteiger partial charge in [-0.3, -0.25) is 0 Å². The Morgan fingerprint density at radius 3 is 2.48 bits per heavy atom. The molecule has 1 heterocycles. The SMILES string of the molecule is CC(C)CC[S+](=O)(O)c1nc2ccc(Cl)cc2nc1C(F)(F)F. The highest BCUT2D eigenvalue weighted by Gasteiger charge is 2.46. The van der Waals surface area contributed by atoms with E-state index < -0.39 is 27.1 Å². The third-order valence-electron chi connectivity index (χ3n) is 3.14. The van der Waals surface area contributed by atoms with Crippen LogP contribution in [-0.4, -0.2) is 20.3 Å². The van der Waals surface area contributed by atoms with Crippen molar-refractivity contribution in [2.75, 3.05) is 5.75 Å². The van der Waals surface area contributed by atoms with Crippen LogP contribution in [0.4, 0.5) is 13.2 Å². The Kier molecular flexibility index (Phi) is 4.98. The van der Waals surface area contributed by atoms with Gasteiger partial charge in [-0.25, -0.2) is 4.98 Å². The van der Waals surface area contributed by atoms with Crippen LogP contribution in [0.25, 0.3) is 11.0 Å². The number of fused-ring (bicyclic) bond motifs is 1. The lowest BCUT2D eigenvalue weighted by Crippen LogP contribution is -2.24. The standard InChI is InChI=1S/C14H14ClF3N2O2S/c1-8(2)5-6-23(21,22)13-12(14(16,17)18)19-11-7-9(15)3-4-10(11)20-13/h3-4,7-8H,5-6H2,1-2H3/p+1. The number of benzene rings is 1. The van der Waals surface area contributed by atoms with Crippen molar-refractivity contribution in [1.82, 2.24) is 9.97 Å². The maximum absolute atomic E-state index is 13.2. The summed E-state index contributed by atoms with van der Waals surface area (Å²) in [6, 6.07) is 4.03. The van der Waals surface area contributed by atoms with Crippen LogP contribution < -0.4 is 0 Å². The maximum atomic E-state index is 13.2. The third-order valence-corrected chi connectivity index (χ3v) is 5.05. The molecule has 0 spiro atoms. The fourth-order valence-electron chi connectivity index (χ4n) is 1.91. The summed E-state index contributed by atoms with van der Waals surface area (Å²) in [6.45, 7) is 3.63. The zero-order valence-corrected chi connectivity index (χ0v) is 14.0. The van der Waals surface area contributed by atoms with Gasteiger partial charge in [-0.05, 0) is 30.5 Å². The molecule has 0 radical (unpaired) electrons. The minimum absolute atomic E-state index is 0.0736. The quantitative estimate of drug-likeness (QED) is 0.797. The molecular formula is C14H15ClF3N2O2S+. The summed E-state index contributed by atoms with van der Waals surface area (Å²) in [7, 11) is -3.95. The molecule has 0 bridgehead atoms. The van der Waals surface area contributed by atoms with Gasteiger partial charge in [-0.15, -0.1) is 0 Å². The Balaban J connectivity index is 2.65. The van der Waals surface area contributed by atoms with Gasteiger partial charge in [0.2, 0.25) is 5.69 Å². The van der Waals surface area contributed by atoms with Crippen LogP contribution in [0.3, 0.4) is 0 Å². The number of nitrogens with zero attached hydrogens (tertiary/aromatic N) is 2. The molecule has 23 heavy (non-hydrogen) atoms. The molecule has 126 valence electrons. The predicted molar refractivity (Wildman–Crippen MR) is 82.8 cm³/mol. The maximum Gasteiger partial charge on any atom is 0.440 e. The molecule has 1 unspecified atom stereocenters. The van der Waals surface area contributed by atoms with Crippen molar-refractivity contribution in [2.45, 2.75) is 31.5 Å². The van der Waals surface area contributed by atoms with E-state index >= 15 is 0 Å². The second kappa shape index (κ2) is 6.33. The summed E-state index contributed by atoms with van der Waals surface area (Å²) in [5, 5.41) is -0.710. The van der Waals surface area contributed by atoms with E-state index in [-0.39, 0.29) is 27.7 Å². The van der Waals surface area contributed by atoms with Gasteiger partial charge in [0.15, 0.2) is 0 Å². The summed E-state index contributed by atoms with van der Waals surface area (Å²) in [5.41, 5.74) is -1.43. The van der Waals surface area contributed by atoms with E-state index in [1.807, 2.05) is 13.8 Å². The van der Waals surface area contributed by atoms with E-state index in [0.717, 1.165) is 0 Å². The van der Waals surface area contributed by atoms with Gasteiger partial charge < -0.3 is 0 Å². The molecule has 0 aliphatic rings. The largest absolute Gasteiger partial charge is 0.440 e. The fraction of sp³-hybridized carbons (Fsp3) is 0.429. The van der Waals surface area contributed by atoms with E-state index in [4.69, 9.17) is 11.6 Å². The number of hydrogen-bond acceptors (Lipinski definition) is 3. The lowest BCUT2D eigenvalue weighted by molar-refractivity contribution is -0.143. The number of hydrogen-bond donors (Lipinski definition) is 1. The number of halogens is 4. The summed E-state index contributed by atoms with van der Waals surface area (Å²) in [4.78, 5) is 7.26. The van der Waals surface area contributed by atoms with Gasteiger partial charge in [0.25, 0.3) is 10.2 Å². The van der Waals surface area contributed by atoms with Crippen molar-refractivity contribution in [3.63, 3.8) is 0 Å². The minimum Gasteiger partial charge on any atom is -0.235 e. The summed E-state index contributed by atoms with van der Waals surface area (Å²) < 4.78 is 62.2. The van der Waals surface area contributed by atoms with Gasteiger partial charge in [0.1, 0.15) is 5.75 Å². The van der Waals surface area contributed by atoms with Crippen molar-refractivity contribution in [2.24, 2.45) is 5.92 Å². The Bertz CT molecular complexity index is 780. The first kappa shape index (κ1) is 18.1. The highest BCUT2D eigenvalue weighted by molar-refractivity contribution is 7.97. The normalized spacial score (nSPS) is 15.1. The first-order valence-corrected chi connectivity index (χ1v) is 8.86. The average Bonchev–Trinajstić information content (AvgIpc) is 2.42. The van der Waals surface area contributed by atoms with Gasteiger partial charge >= 0.3 is 11.2 Å². The molecule has 1 aromatic carbocycles. The molecule has 1 atom stereocenters. The van der Waals surface area contributed by atoms with Crippen LogP contribution in [0.15, 0.2) is 23.2 Å². The van der Waals surface area contributed by atoms with Gasteiger partial charge in [0, 0.05) is 5.02 Å². The smallest absolute Gasteiger partial charge is 0.235 e. The molecule has 0 aliphatic heterocycles. The van der Waals surface area contributed by atoms with Crippen LogP contribution in [0.2, 0.25) is 5.02 Å². The molecule has 0 saturated carbocycles. The molecule has 0 saturated heterocycles. The number of aromatic nitrogens is 2. The van der Waals surface area contributed by atoms with Crippen molar-refractivity contribution >= 4 is 32.8 Å². The Hall–Kier alpha value is -1.25.